The molecule has 2 aliphatic rings. The molecule has 4 heteroatoms. The zero-order valence-corrected chi connectivity index (χ0v) is 19.7. The Labute approximate surface area is 198 Å². The number of rotatable bonds is 8. The van der Waals surface area contributed by atoms with E-state index in [-0.39, 0.29) is 5.41 Å². The molecule has 2 aromatic carbocycles. The smallest absolute Gasteiger partial charge is 0.119 e. The lowest BCUT2D eigenvalue weighted by atomic mass is 9.60. The average Bonchev–Trinajstić information content (AvgIpc) is 3.41. The number of piperidine rings is 1. The maximum atomic E-state index is 10.6. The summed E-state index contributed by atoms with van der Waals surface area (Å²) in [7, 11) is 0. The molecule has 0 aromatic heterocycles. The largest absolute Gasteiger partial charge is 0.493 e. The van der Waals surface area contributed by atoms with Crippen LogP contribution in [0, 0.1) is 40.4 Å². The van der Waals surface area contributed by atoms with Crippen LogP contribution in [0.1, 0.15) is 56.6 Å². The standard InChI is InChI=1S/C29H35N3O/c1-23(21-33-28-13-11-24(19-30)12-14-28)20-32-17-15-27(16-18-32)29(22-31,26-9-5-6-10-26)25-7-3-2-4-8-25/h2-4,7-8,11-14,23,26-27H,5-6,9-10,15-18,20-21H2,1H3. The van der Waals surface area contributed by atoms with E-state index in [9.17, 15) is 5.26 Å². The van der Waals surface area contributed by atoms with E-state index >= 15 is 0 Å². The number of likely N-dealkylation sites (tertiary alicyclic amines) is 1. The Bertz CT molecular complexity index is 961. The van der Waals surface area contributed by atoms with E-state index in [1.165, 1.54) is 31.2 Å². The van der Waals surface area contributed by atoms with Crippen LogP contribution in [0.4, 0.5) is 0 Å². The molecule has 1 saturated carbocycles. The summed E-state index contributed by atoms with van der Waals surface area (Å²) in [5.41, 5.74) is 1.55. The van der Waals surface area contributed by atoms with Crippen molar-refractivity contribution in [3.05, 3.63) is 65.7 Å². The summed E-state index contributed by atoms with van der Waals surface area (Å²) in [5.74, 6) is 2.15. The number of ether oxygens (including phenoxy) is 1. The monoisotopic (exact) mass is 441 g/mol. The molecule has 0 N–H and O–H groups in total. The fourth-order valence-corrected chi connectivity index (χ4v) is 6.08. The molecule has 2 aromatic rings. The van der Waals surface area contributed by atoms with Crippen molar-refractivity contribution in [3.8, 4) is 17.9 Å². The van der Waals surface area contributed by atoms with Gasteiger partial charge >= 0.3 is 0 Å². The van der Waals surface area contributed by atoms with Gasteiger partial charge in [0.25, 0.3) is 0 Å². The predicted octanol–water partition coefficient (Wildman–Crippen LogP) is 5.94. The molecule has 1 saturated heterocycles. The van der Waals surface area contributed by atoms with E-state index in [0.29, 0.717) is 29.9 Å². The van der Waals surface area contributed by atoms with E-state index in [4.69, 9.17) is 10.00 Å². The Morgan fingerprint density at radius 2 is 1.58 bits per heavy atom. The van der Waals surface area contributed by atoms with E-state index in [2.05, 4.69) is 54.3 Å². The number of benzene rings is 2. The first-order valence-corrected chi connectivity index (χ1v) is 12.5. The molecule has 2 fully saturated rings. The highest BCUT2D eigenvalue weighted by molar-refractivity contribution is 5.36. The summed E-state index contributed by atoms with van der Waals surface area (Å²) < 4.78 is 5.95. The lowest BCUT2D eigenvalue weighted by molar-refractivity contribution is 0.101. The first-order valence-electron chi connectivity index (χ1n) is 12.5. The molecule has 2 unspecified atom stereocenters. The van der Waals surface area contributed by atoms with E-state index < -0.39 is 0 Å². The van der Waals surface area contributed by atoms with Crippen molar-refractivity contribution in [3.63, 3.8) is 0 Å². The SMILES string of the molecule is CC(COc1ccc(C#N)cc1)CN1CCC(C(C#N)(c2ccccc2)C2CCCC2)CC1. The summed E-state index contributed by atoms with van der Waals surface area (Å²) >= 11 is 0. The quantitative estimate of drug-likeness (QED) is 0.509. The first-order chi connectivity index (χ1) is 16.2. The van der Waals surface area contributed by atoms with Crippen molar-refractivity contribution >= 4 is 0 Å². The fraction of sp³-hybridized carbons (Fsp3) is 0.517. The van der Waals surface area contributed by atoms with Gasteiger partial charge in [-0.1, -0.05) is 50.1 Å². The van der Waals surface area contributed by atoms with Crippen LogP contribution in [0.5, 0.6) is 5.75 Å². The Morgan fingerprint density at radius 1 is 0.939 bits per heavy atom. The summed E-state index contributed by atoms with van der Waals surface area (Å²) in [6, 6.07) is 23.0. The molecule has 1 aliphatic heterocycles. The van der Waals surface area contributed by atoms with Crippen LogP contribution < -0.4 is 4.74 Å². The van der Waals surface area contributed by atoms with Gasteiger partial charge in [0.1, 0.15) is 5.75 Å². The van der Waals surface area contributed by atoms with Gasteiger partial charge in [0.15, 0.2) is 0 Å². The Hall–Kier alpha value is -2.82. The van der Waals surface area contributed by atoms with Crippen LogP contribution in [-0.4, -0.2) is 31.1 Å². The van der Waals surface area contributed by atoms with Crippen LogP contribution in [0.25, 0.3) is 0 Å². The van der Waals surface area contributed by atoms with E-state index in [0.717, 1.165) is 38.2 Å². The van der Waals surface area contributed by atoms with Gasteiger partial charge in [0.2, 0.25) is 0 Å². The average molecular weight is 442 g/mol. The van der Waals surface area contributed by atoms with Crippen molar-refractivity contribution in [2.45, 2.75) is 50.9 Å². The van der Waals surface area contributed by atoms with Crippen LogP contribution in [0.2, 0.25) is 0 Å². The topological polar surface area (TPSA) is 60.0 Å². The molecule has 4 rings (SSSR count). The predicted molar refractivity (Wildman–Crippen MR) is 131 cm³/mol. The van der Waals surface area contributed by atoms with Crippen LogP contribution in [0.3, 0.4) is 0 Å². The molecule has 0 radical (unpaired) electrons. The van der Waals surface area contributed by atoms with Gasteiger partial charge in [0, 0.05) is 12.5 Å². The highest BCUT2D eigenvalue weighted by Crippen LogP contribution is 2.49. The van der Waals surface area contributed by atoms with Crippen molar-refractivity contribution in [2.75, 3.05) is 26.2 Å². The molecule has 0 amide bonds. The highest BCUT2D eigenvalue weighted by atomic mass is 16.5. The number of hydrogen-bond donors (Lipinski definition) is 0. The maximum Gasteiger partial charge on any atom is 0.119 e. The number of nitrogens with zero attached hydrogens (tertiary/aromatic N) is 3. The summed E-state index contributed by atoms with van der Waals surface area (Å²) in [4.78, 5) is 2.55. The molecule has 0 bridgehead atoms. The van der Waals surface area contributed by atoms with Crippen LogP contribution in [0.15, 0.2) is 54.6 Å². The summed E-state index contributed by atoms with van der Waals surface area (Å²) in [6.45, 7) is 6.01. The van der Waals surface area contributed by atoms with E-state index in [1.807, 2.05) is 12.1 Å². The normalized spacial score (nSPS) is 20.5. The molecular weight excluding hydrogens is 406 g/mol. The van der Waals surface area contributed by atoms with Gasteiger partial charge in [0.05, 0.1) is 29.7 Å². The van der Waals surface area contributed by atoms with Gasteiger partial charge in [-0.3, -0.25) is 0 Å². The Kier molecular flexibility index (Phi) is 7.69. The lowest BCUT2D eigenvalue weighted by Gasteiger charge is -2.45. The minimum Gasteiger partial charge on any atom is -0.493 e. The molecule has 2 atom stereocenters. The molecule has 1 aliphatic carbocycles. The first kappa shape index (κ1) is 23.3. The lowest BCUT2D eigenvalue weighted by Crippen LogP contribution is -2.47. The Balaban J connectivity index is 1.34. The summed E-state index contributed by atoms with van der Waals surface area (Å²) in [6.07, 6.45) is 7.07. The van der Waals surface area contributed by atoms with Crippen molar-refractivity contribution in [1.29, 1.82) is 10.5 Å². The molecule has 33 heavy (non-hydrogen) atoms. The van der Waals surface area contributed by atoms with Crippen molar-refractivity contribution in [2.24, 2.45) is 17.8 Å². The van der Waals surface area contributed by atoms with Gasteiger partial charge in [-0.05, 0) is 80.4 Å². The van der Waals surface area contributed by atoms with Crippen molar-refractivity contribution in [1.82, 2.24) is 4.90 Å². The van der Waals surface area contributed by atoms with Crippen LogP contribution >= 0.6 is 0 Å². The molecule has 4 nitrogen and oxygen atoms in total. The van der Waals surface area contributed by atoms with Crippen molar-refractivity contribution < 1.29 is 4.74 Å². The third-order valence-electron chi connectivity index (χ3n) is 7.75. The minimum atomic E-state index is -0.339. The Morgan fingerprint density at radius 3 is 2.18 bits per heavy atom. The van der Waals surface area contributed by atoms with Crippen LogP contribution in [-0.2, 0) is 5.41 Å². The fourth-order valence-electron chi connectivity index (χ4n) is 6.08. The molecule has 0 spiro atoms. The zero-order chi connectivity index (χ0) is 23.1. The highest BCUT2D eigenvalue weighted by Gasteiger charge is 2.48. The second-order valence-corrected chi connectivity index (χ2v) is 9.96. The van der Waals surface area contributed by atoms with Gasteiger partial charge in [-0.25, -0.2) is 0 Å². The third kappa shape index (κ3) is 5.23. The molecular formula is C29H35N3O. The van der Waals surface area contributed by atoms with Gasteiger partial charge in [-0.2, -0.15) is 10.5 Å². The second-order valence-electron chi connectivity index (χ2n) is 9.96. The maximum absolute atomic E-state index is 10.6. The second kappa shape index (κ2) is 10.9. The van der Waals surface area contributed by atoms with E-state index in [1.54, 1.807) is 12.1 Å². The third-order valence-corrected chi connectivity index (χ3v) is 7.75. The number of hydrogen-bond acceptors (Lipinski definition) is 4. The summed E-state index contributed by atoms with van der Waals surface area (Å²) in [5, 5.41) is 19.5. The molecule has 1 heterocycles. The zero-order valence-electron chi connectivity index (χ0n) is 19.7. The van der Waals surface area contributed by atoms with Gasteiger partial charge in [-0.15, -0.1) is 0 Å². The van der Waals surface area contributed by atoms with Gasteiger partial charge < -0.3 is 9.64 Å². The number of nitriles is 2. The molecule has 172 valence electrons. The minimum absolute atomic E-state index is 0.339.